The second-order valence-corrected chi connectivity index (χ2v) is 8.12. The van der Waals surface area contributed by atoms with Crippen LogP contribution in [0, 0.1) is 6.92 Å². The molecule has 0 aliphatic carbocycles. The predicted molar refractivity (Wildman–Crippen MR) is 102 cm³/mol. The number of rotatable bonds is 5. The molecule has 0 saturated carbocycles. The van der Waals surface area contributed by atoms with Crippen molar-refractivity contribution >= 4 is 48.6 Å². The lowest BCUT2D eigenvalue weighted by Crippen LogP contribution is -2.12. The number of hydrogen-bond donors (Lipinski definition) is 1. The monoisotopic (exact) mass is 437 g/mol. The van der Waals surface area contributed by atoms with Gasteiger partial charge >= 0.3 is 5.97 Å². The summed E-state index contributed by atoms with van der Waals surface area (Å²) in [5.41, 5.74) is 1.11. The highest BCUT2D eigenvalue weighted by Crippen LogP contribution is 2.30. The van der Waals surface area contributed by atoms with Gasteiger partial charge in [-0.2, -0.15) is 0 Å². The first-order chi connectivity index (χ1) is 12.3. The standard InChI is InChI=1S/C18H16BrNO5S/c1-3-24-18(21)17-11(2)25-16-9-6-13(10-15(16)17)20-26(22,23)14-7-4-12(19)5-8-14/h4-10,20H,3H2,1-2H3. The summed E-state index contributed by atoms with van der Waals surface area (Å²) in [6.07, 6.45) is 0. The van der Waals surface area contributed by atoms with Crippen molar-refractivity contribution in [3.63, 3.8) is 0 Å². The first-order valence-electron chi connectivity index (χ1n) is 7.80. The number of hydrogen-bond acceptors (Lipinski definition) is 5. The van der Waals surface area contributed by atoms with Crippen LogP contribution in [0.4, 0.5) is 5.69 Å². The number of fused-ring (bicyclic) bond motifs is 1. The smallest absolute Gasteiger partial charge is 0.342 e. The van der Waals surface area contributed by atoms with Gasteiger partial charge in [0.1, 0.15) is 16.9 Å². The fraction of sp³-hybridized carbons (Fsp3) is 0.167. The van der Waals surface area contributed by atoms with Crippen molar-refractivity contribution in [2.45, 2.75) is 18.7 Å². The van der Waals surface area contributed by atoms with E-state index in [0.717, 1.165) is 4.47 Å². The summed E-state index contributed by atoms with van der Waals surface area (Å²) in [6.45, 7) is 3.62. The molecular weight excluding hydrogens is 422 g/mol. The number of esters is 1. The highest BCUT2D eigenvalue weighted by Gasteiger charge is 2.21. The SMILES string of the molecule is CCOC(=O)c1c(C)oc2ccc(NS(=O)(=O)c3ccc(Br)cc3)cc12. The van der Waals surface area contributed by atoms with E-state index in [1.807, 2.05) is 0 Å². The molecule has 0 amide bonds. The van der Waals surface area contributed by atoms with Gasteiger partial charge in [0, 0.05) is 15.5 Å². The van der Waals surface area contributed by atoms with Crippen LogP contribution in [0.2, 0.25) is 0 Å². The molecule has 0 aliphatic rings. The normalized spacial score (nSPS) is 11.5. The Balaban J connectivity index is 1.99. The molecule has 26 heavy (non-hydrogen) atoms. The second-order valence-electron chi connectivity index (χ2n) is 5.52. The third-order valence-electron chi connectivity index (χ3n) is 3.72. The zero-order chi connectivity index (χ0) is 18.9. The Morgan fingerprint density at radius 3 is 2.54 bits per heavy atom. The van der Waals surface area contributed by atoms with Gasteiger partial charge < -0.3 is 9.15 Å². The Kier molecular flexibility index (Phi) is 5.06. The largest absolute Gasteiger partial charge is 0.462 e. The van der Waals surface area contributed by atoms with Crippen LogP contribution < -0.4 is 4.72 Å². The molecule has 6 nitrogen and oxygen atoms in total. The van der Waals surface area contributed by atoms with Gasteiger partial charge in [0.05, 0.1) is 11.5 Å². The zero-order valence-corrected chi connectivity index (χ0v) is 16.5. The summed E-state index contributed by atoms with van der Waals surface area (Å²) in [7, 11) is -3.75. The molecule has 1 aromatic heterocycles. The predicted octanol–water partition coefficient (Wildman–Crippen LogP) is 4.48. The number of anilines is 1. The van der Waals surface area contributed by atoms with Gasteiger partial charge in [-0.25, -0.2) is 13.2 Å². The molecule has 0 radical (unpaired) electrons. The van der Waals surface area contributed by atoms with Crippen molar-refractivity contribution in [2.24, 2.45) is 0 Å². The number of ether oxygens (including phenoxy) is 1. The molecule has 1 heterocycles. The minimum atomic E-state index is -3.75. The number of carbonyl (C=O) groups excluding carboxylic acids is 1. The summed E-state index contributed by atoms with van der Waals surface area (Å²) >= 11 is 3.27. The fourth-order valence-electron chi connectivity index (χ4n) is 2.57. The first-order valence-corrected chi connectivity index (χ1v) is 10.1. The maximum atomic E-state index is 12.5. The third kappa shape index (κ3) is 3.61. The molecule has 0 aliphatic heterocycles. The van der Waals surface area contributed by atoms with Gasteiger partial charge in [-0.15, -0.1) is 0 Å². The van der Waals surface area contributed by atoms with Crippen LogP contribution in [0.1, 0.15) is 23.0 Å². The fourth-order valence-corrected chi connectivity index (χ4v) is 3.88. The van der Waals surface area contributed by atoms with Gasteiger partial charge in [0.2, 0.25) is 0 Å². The van der Waals surface area contributed by atoms with Crippen LogP contribution in [0.25, 0.3) is 11.0 Å². The van der Waals surface area contributed by atoms with Crippen molar-refractivity contribution in [3.8, 4) is 0 Å². The van der Waals surface area contributed by atoms with Crippen LogP contribution in [-0.2, 0) is 14.8 Å². The van der Waals surface area contributed by atoms with Crippen LogP contribution in [0.5, 0.6) is 0 Å². The van der Waals surface area contributed by atoms with E-state index in [2.05, 4.69) is 20.7 Å². The van der Waals surface area contributed by atoms with Crippen LogP contribution >= 0.6 is 15.9 Å². The van der Waals surface area contributed by atoms with Crippen LogP contribution in [0.3, 0.4) is 0 Å². The van der Waals surface area contributed by atoms with Gasteiger partial charge in [-0.1, -0.05) is 15.9 Å². The summed E-state index contributed by atoms with van der Waals surface area (Å²) in [4.78, 5) is 12.3. The van der Waals surface area contributed by atoms with Crippen molar-refractivity contribution in [1.82, 2.24) is 0 Å². The van der Waals surface area contributed by atoms with Crippen LogP contribution in [0.15, 0.2) is 56.2 Å². The Bertz CT molecular complexity index is 1070. The molecule has 3 aromatic rings. The molecule has 136 valence electrons. The van der Waals surface area contributed by atoms with E-state index in [1.165, 1.54) is 12.1 Å². The van der Waals surface area contributed by atoms with E-state index in [9.17, 15) is 13.2 Å². The van der Waals surface area contributed by atoms with Crippen molar-refractivity contribution in [2.75, 3.05) is 11.3 Å². The minimum absolute atomic E-state index is 0.134. The van der Waals surface area contributed by atoms with Gasteiger partial charge in [-0.05, 0) is 56.3 Å². The third-order valence-corrected chi connectivity index (χ3v) is 5.65. The number of nitrogens with one attached hydrogen (secondary N) is 1. The number of sulfonamides is 1. The summed E-state index contributed by atoms with van der Waals surface area (Å²) < 4.78 is 39.0. The number of aryl methyl sites for hydroxylation is 1. The van der Waals surface area contributed by atoms with E-state index in [1.54, 1.807) is 44.2 Å². The highest BCUT2D eigenvalue weighted by atomic mass is 79.9. The highest BCUT2D eigenvalue weighted by molar-refractivity contribution is 9.10. The molecular formula is C18H16BrNO5S. The lowest BCUT2D eigenvalue weighted by Gasteiger charge is -2.08. The molecule has 0 saturated heterocycles. The molecule has 1 N–H and O–H groups in total. The first kappa shape index (κ1) is 18.5. The number of halogens is 1. The van der Waals surface area contributed by atoms with Crippen molar-refractivity contribution in [1.29, 1.82) is 0 Å². The lowest BCUT2D eigenvalue weighted by atomic mass is 10.1. The Morgan fingerprint density at radius 1 is 1.19 bits per heavy atom. The van der Waals surface area contributed by atoms with E-state index in [-0.39, 0.29) is 11.5 Å². The molecule has 0 spiro atoms. The molecule has 3 rings (SSSR count). The zero-order valence-electron chi connectivity index (χ0n) is 14.1. The quantitative estimate of drug-likeness (QED) is 0.594. The number of carbonyl (C=O) groups is 1. The van der Waals surface area contributed by atoms with Gasteiger partial charge in [0.15, 0.2) is 0 Å². The maximum absolute atomic E-state index is 12.5. The summed E-state index contributed by atoms with van der Waals surface area (Å²) in [5.74, 6) is -0.0805. The van der Waals surface area contributed by atoms with E-state index < -0.39 is 16.0 Å². The van der Waals surface area contributed by atoms with Gasteiger partial charge in [0.25, 0.3) is 10.0 Å². The number of furan rings is 1. The second kappa shape index (κ2) is 7.13. The van der Waals surface area contributed by atoms with E-state index in [0.29, 0.717) is 28.0 Å². The summed E-state index contributed by atoms with van der Waals surface area (Å²) in [5, 5.41) is 0.497. The topological polar surface area (TPSA) is 85.6 Å². The van der Waals surface area contributed by atoms with Crippen molar-refractivity contribution < 1.29 is 22.4 Å². The Hall–Kier alpha value is -2.32. The lowest BCUT2D eigenvalue weighted by molar-refractivity contribution is 0.0526. The Morgan fingerprint density at radius 2 is 1.88 bits per heavy atom. The van der Waals surface area contributed by atoms with E-state index >= 15 is 0 Å². The van der Waals surface area contributed by atoms with Crippen LogP contribution in [-0.4, -0.2) is 21.0 Å². The molecule has 0 atom stereocenters. The molecule has 0 bridgehead atoms. The van der Waals surface area contributed by atoms with Gasteiger partial charge in [-0.3, -0.25) is 4.72 Å². The van der Waals surface area contributed by atoms with Crippen molar-refractivity contribution in [3.05, 3.63) is 58.3 Å². The summed E-state index contributed by atoms with van der Waals surface area (Å²) in [6, 6.07) is 11.1. The maximum Gasteiger partial charge on any atom is 0.342 e. The molecule has 0 fully saturated rings. The average Bonchev–Trinajstić information content (AvgIpc) is 2.90. The number of benzene rings is 2. The Labute approximate surface area is 159 Å². The molecule has 8 heteroatoms. The average molecular weight is 438 g/mol. The minimum Gasteiger partial charge on any atom is -0.462 e. The van der Waals surface area contributed by atoms with E-state index in [4.69, 9.17) is 9.15 Å². The molecule has 0 unspecified atom stereocenters. The molecule has 2 aromatic carbocycles.